The molecule has 1 aromatic heterocycles. The van der Waals surface area contributed by atoms with Crippen molar-refractivity contribution in [2.75, 3.05) is 0 Å². The van der Waals surface area contributed by atoms with E-state index < -0.39 is 5.66 Å². The molecule has 190 valence electrons. The lowest BCUT2D eigenvalue weighted by molar-refractivity contribution is 0.0916. The van der Waals surface area contributed by atoms with Crippen LogP contribution in [0.2, 0.25) is 0 Å². The highest BCUT2D eigenvalue weighted by Crippen LogP contribution is 2.57. The lowest BCUT2D eigenvalue weighted by Crippen LogP contribution is -2.56. The van der Waals surface area contributed by atoms with Crippen LogP contribution in [0.4, 0.5) is 0 Å². The van der Waals surface area contributed by atoms with Crippen molar-refractivity contribution in [2.24, 2.45) is 33.2 Å². The minimum atomic E-state index is -0.717. The molecule has 2 N–H and O–H groups in total. The number of aliphatic hydroxyl groups excluding tert-OH is 1. The third-order valence-corrected chi connectivity index (χ3v) is 8.40. The molecule has 0 saturated carbocycles. The van der Waals surface area contributed by atoms with Gasteiger partial charge in [-0.15, -0.1) is 0 Å². The van der Waals surface area contributed by atoms with Crippen molar-refractivity contribution in [3.05, 3.63) is 58.7 Å². The topological polar surface area (TPSA) is 120 Å². The summed E-state index contributed by atoms with van der Waals surface area (Å²) in [5.74, 6) is 7.19. The molecule has 5 atom stereocenters. The first kappa shape index (κ1) is 24.8. The van der Waals surface area contributed by atoms with Gasteiger partial charge < -0.3 is 14.9 Å². The van der Waals surface area contributed by atoms with Crippen LogP contribution in [-0.2, 0) is 0 Å². The number of nitriles is 1. The number of nitrogens with zero attached hydrogens (tertiary/aromatic N) is 5. The van der Waals surface area contributed by atoms with Crippen LogP contribution in [0, 0.1) is 53.3 Å². The number of aliphatic imine (C=N–C) groups is 2. The van der Waals surface area contributed by atoms with Gasteiger partial charge in [-0.1, -0.05) is 43.8 Å². The summed E-state index contributed by atoms with van der Waals surface area (Å²) in [6.07, 6.45) is 10.4. The van der Waals surface area contributed by atoms with Gasteiger partial charge in [0.2, 0.25) is 11.7 Å². The summed E-state index contributed by atoms with van der Waals surface area (Å²) < 4.78 is 5.34. The number of fused-ring (bicyclic) bond motifs is 2. The molecular formula is C29H32N6O2. The number of aryl methyl sites for hydroxylation is 1. The Hall–Kier alpha value is -3.91. The Bertz CT molecular complexity index is 1420. The largest absolute Gasteiger partial charge is 0.511 e. The second-order valence-electron chi connectivity index (χ2n) is 10.8. The normalized spacial score (nSPS) is 32.8. The molecule has 4 aliphatic rings. The summed E-state index contributed by atoms with van der Waals surface area (Å²) >= 11 is 0. The van der Waals surface area contributed by atoms with Crippen molar-refractivity contribution in [2.45, 2.75) is 66.0 Å². The molecule has 3 aliphatic carbocycles. The molecule has 8 nitrogen and oxygen atoms in total. The van der Waals surface area contributed by atoms with Gasteiger partial charge in [-0.3, -0.25) is 9.98 Å². The predicted octanol–water partition coefficient (Wildman–Crippen LogP) is 5.09. The van der Waals surface area contributed by atoms with E-state index in [1.807, 2.05) is 31.4 Å². The Labute approximate surface area is 217 Å². The second-order valence-corrected chi connectivity index (χ2v) is 10.8. The van der Waals surface area contributed by atoms with Gasteiger partial charge in [0.15, 0.2) is 0 Å². The summed E-state index contributed by atoms with van der Waals surface area (Å²) in [4.78, 5) is 14.3. The van der Waals surface area contributed by atoms with Crippen molar-refractivity contribution in [1.29, 1.82) is 5.26 Å². The molecule has 0 amide bonds. The van der Waals surface area contributed by atoms with E-state index in [9.17, 15) is 10.4 Å². The van der Waals surface area contributed by atoms with Crippen molar-refractivity contribution < 1.29 is 9.63 Å². The van der Waals surface area contributed by atoms with E-state index in [1.165, 1.54) is 0 Å². The van der Waals surface area contributed by atoms with Gasteiger partial charge in [0.1, 0.15) is 17.1 Å². The van der Waals surface area contributed by atoms with E-state index in [0.29, 0.717) is 30.1 Å². The van der Waals surface area contributed by atoms with E-state index in [2.05, 4.69) is 59.1 Å². The Balaban J connectivity index is 1.57. The molecule has 1 aliphatic heterocycles. The number of rotatable bonds is 4. The molecular weight excluding hydrogens is 464 g/mol. The maximum Gasteiger partial charge on any atom is 0.223 e. The van der Waals surface area contributed by atoms with Crippen LogP contribution in [0.5, 0.6) is 0 Å². The van der Waals surface area contributed by atoms with Crippen molar-refractivity contribution in [1.82, 2.24) is 15.5 Å². The first-order valence-corrected chi connectivity index (χ1v) is 12.8. The van der Waals surface area contributed by atoms with E-state index in [4.69, 9.17) is 9.52 Å². The summed E-state index contributed by atoms with van der Waals surface area (Å²) in [6, 6.07) is 2.25. The molecule has 0 radical (unpaired) electrons. The Kier molecular flexibility index (Phi) is 6.15. The first-order chi connectivity index (χ1) is 17.7. The van der Waals surface area contributed by atoms with Gasteiger partial charge in [0.25, 0.3) is 0 Å². The van der Waals surface area contributed by atoms with Crippen LogP contribution in [0.15, 0.2) is 61.5 Å². The maximum atomic E-state index is 10.7. The van der Waals surface area contributed by atoms with Gasteiger partial charge in [0, 0.05) is 41.6 Å². The molecule has 8 heteroatoms. The van der Waals surface area contributed by atoms with Gasteiger partial charge in [0.05, 0.1) is 23.8 Å². The zero-order valence-corrected chi connectivity index (χ0v) is 22.0. The molecule has 5 rings (SSSR count). The number of aromatic nitrogens is 2. The van der Waals surface area contributed by atoms with E-state index in [1.54, 1.807) is 6.92 Å². The molecule has 0 fully saturated rings. The monoisotopic (exact) mass is 496 g/mol. The molecule has 2 unspecified atom stereocenters. The number of hydrogen-bond donors (Lipinski definition) is 2. The van der Waals surface area contributed by atoms with Crippen LogP contribution in [0.1, 0.15) is 65.1 Å². The molecule has 0 spiro atoms. The second kappa shape index (κ2) is 9.19. The smallest absolute Gasteiger partial charge is 0.223 e. The zero-order chi connectivity index (χ0) is 26.4. The van der Waals surface area contributed by atoms with E-state index in [-0.39, 0.29) is 28.9 Å². The Morgan fingerprint density at radius 3 is 2.89 bits per heavy atom. The summed E-state index contributed by atoms with van der Waals surface area (Å²) in [6.45, 7) is 10.2. The first-order valence-electron chi connectivity index (χ1n) is 12.8. The van der Waals surface area contributed by atoms with Gasteiger partial charge in [-0.05, 0) is 44.3 Å². The average Bonchev–Trinajstić information content (AvgIpc) is 3.33. The van der Waals surface area contributed by atoms with Crippen molar-refractivity contribution in [3.63, 3.8) is 0 Å². The molecule has 1 aromatic rings. The summed E-state index contributed by atoms with van der Waals surface area (Å²) in [5, 5.41) is 28.6. The quantitative estimate of drug-likeness (QED) is 0.561. The van der Waals surface area contributed by atoms with Crippen LogP contribution < -0.4 is 5.32 Å². The molecule has 0 aromatic carbocycles. The number of aliphatic hydroxyl groups is 1. The standard InChI is InChI=1S/C29H32N6O2/c1-17(13-14-31-21-9-7-6-8-10-21)29(5)33-24(27-32-19(3)37-35-27)22-11-12-23-18(2)25(36)20(16-30)15-28(23,4)26(22)34-29/h7,9,13-14,17-18,23,34,36H,10-12,15H2,1-5H3/b14-13-,31-21?/t17?,18-,23-,28-,29?/m1/s1. The lowest BCUT2D eigenvalue weighted by atomic mass is 9.56. The third kappa shape index (κ3) is 4.21. The van der Waals surface area contributed by atoms with Gasteiger partial charge in [-0.25, -0.2) is 0 Å². The maximum absolute atomic E-state index is 10.7. The predicted molar refractivity (Wildman–Crippen MR) is 141 cm³/mol. The number of hydrogen-bond acceptors (Lipinski definition) is 8. The Morgan fingerprint density at radius 2 is 2.22 bits per heavy atom. The highest BCUT2D eigenvalue weighted by atomic mass is 16.5. The van der Waals surface area contributed by atoms with Crippen molar-refractivity contribution in [3.8, 4) is 17.9 Å². The SMILES string of the molecule is Cc1nc(C2=NC(C)(C(C)/C=C\N=C3C=CC#CC3)NC3=C2CC[C@@H]2[C@@H](C)C(O)=C(C#N)C[C@@]32C)no1. The molecule has 0 bridgehead atoms. The van der Waals surface area contributed by atoms with Crippen LogP contribution in [0.25, 0.3) is 0 Å². The average molecular weight is 497 g/mol. The van der Waals surface area contributed by atoms with E-state index in [0.717, 1.165) is 35.5 Å². The minimum absolute atomic E-state index is 0.0445. The Morgan fingerprint density at radius 1 is 1.41 bits per heavy atom. The zero-order valence-electron chi connectivity index (χ0n) is 22.0. The van der Waals surface area contributed by atoms with Crippen LogP contribution in [-0.4, -0.2) is 32.3 Å². The number of allylic oxidation sites excluding steroid dienone is 6. The molecule has 37 heavy (non-hydrogen) atoms. The fourth-order valence-corrected chi connectivity index (χ4v) is 6.09. The fourth-order valence-electron chi connectivity index (χ4n) is 6.09. The van der Waals surface area contributed by atoms with Crippen molar-refractivity contribution >= 4 is 11.4 Å². The summed E-state index contributed by atoms with van der Waals surface area (Å²) in [7, 11) is 0. The van der Waals surface area contributed by atoms with Gasteiger partial charge >= 0.3 is 0 Å². The highest BCUT2D eigenvalue weighted by molar-refractivity contribution is 6.11. The molecule has 0 saturated heterocycles. The summed E-state index contributed by atoms with van der Waals surface area (Å²) in [5.41, 5.74) is 3.14. The van der Waals surface area contributed by atoms with E-state index >= 15 is 0 Å². The lowest BCUT2D eigenvalue weighted by Gasteiger charge is -2.53. The third-order valence-electron chi connectivity index (χ3n) is 8.40. The highest BCUT2D eigenvalue weighted by Gasteiger charge is 2.53. The fraction of sp³-hybridized carbons (Fsp3) is 0.483. The van der Waals surface area contributed by atoms with Gasteiger partial charge in [-0.2, -0.15) is 10.2 Å². The van der Waals surface area contributed by atoms with Crippen LogP contribution in [0.3, 0.4) is 0 Å². The molecule has 2 heterocycles. The van der Waals surface area contributed by atoms with Crippen LogP contribution >= 0.6 is 0 Å². The minimum Gasteiger partial charge on any atom is -0.511 e. The number of nitrogens with one attached hydrogen (secondary N) is 1.